The van der Waals surface area contributed by atoms with Crippen LogP contribution in [-0.2, 0) is 19.0 Å². The summed E-state index contributed by atoms with van der Waals surface area (Å²) in [7, 11) is 1.30. The number of ether oxygens (including phenoxy) is 3. The number of esters is 1. The third-order valence-corrected chi connectivity index (χ3v) is 2.76. The summed E-state index contributed by atoms with van der Waals surface area (Å²) in [6.45, 7) is 1.65. The number of methoxy groups -OCH3 is 1. The van der Waals surface area contributed by atoms with E-state index in [9.17, 15) is 20.1 Å². The van der Waals surface area contributed by atoms with Crippen molar-refractivity contribution in [2.45, 2.75) is 50.5 Å². The third kappa shape index (κ3) is 3.63. The summed E-state index contributed by atoms with van der Waals surface area (Å²) in [6.07, 6.45) is -5.11. The Hall–Kier alpha value is -0.730. The molecule has 0 aromatic carbocycles. The molecule has 1 heterocycles. The molecule has 0 aromatic rings. The second-order valence-corrected chi connectivity index (χ2v) is 4.18. The zero-order chi connectivity index (χ0) is 13.7. The van der Waals surface area contributed by atoms with Gasteiger partial charge < -0.3 is 29.5 Å². The van der Waals surface area contributed by atoms with Crippen molar-refractivity contribution >= 4 is 5.97 Å². The van der Waals surface area contributed by atoms with E-state index >= 15 is 0 Å². The Balaban J connectivity index is 2.51. The minimum Gasteiger partial charge on any atom is -0.463 e. The Kier molecular flexibility index (Phi) is 5.97. The molecule has 1 saturated heterocycles. The van der Waals surface area contributed by atoms with Crippen LogP contribution in [-0.4, -0.2) is 65.7 Å². The smallest absolute Gasteiger partial charge is 0.305 e. The molecule has 18 heavy (non-hydrogen) atoms. The fourth-order valence-corrected chi connectivity index (χ4v) is 1.70. The summed E-state index contributed by atoms with van der Waals surface area (Å²) in [6, 6.07) is 0. The van der Waals surface area contributed by atoms with Gasteiger partial charge in [0.15, 0.2) is 6.29 Å². The molecule has 1 fully saturated rings. The van der Waals surface area contributed by atoms with E-state index in [1.165, 1.54) is 7.11 Å². The Bertz CT molecular complexity index is 268. The van der Waals surface area contributed by atoms with Crippen molar-refractivity contribution < 1.29 is 34.3 Å². The van der Waals surface area contributed by atoms with Gasteiger partial charge in [-0.2, -0.15) is 0 Å². The SMILES string of the molecule is CCCC(=O)OC[C@H]1O[C@@H](OC)[C@H](O)[C@@H](O)[C@@H]1O. The molecule has 0 bridgehead atoms. The Morgan fingerprint density at radius 1 is 1.22 bits per heavy atom. The number of aliphatic hydroxyl groups excluding tert-OH is 3. The molecule has 7 nitrogen and oxygen atoms in total. The van der Waals surface area contributed by atoms with Crippen LogP contribution in [0.3, 0.4) is 0 Å². The number of hydrogen-bond donors (Lipinski definition) is 3. The monoisotopic (exact) mass is 264 g/mol. The van der Waals surface area contributed by atoms with E-state index in [1.807, 2.05) is 6.92 Å². The molecule has 0 aliphatic carbocycles. The molecule has 5 atom stereocenters. The van der Waals surface area contributed by atoms with Gasteiger partial charge in [0.1, 0.15) is 31.0 Å². The van der Waals surface area contributed by atoms with Gasteiger partial charge in [0.05, 0.1) is 0 Å². The average Bonchev–Trinajstić information content (AvgIpc) is 2.35. The number of carbonyl (C=O) groups is 1. The van der Waals surface area contributed by atoms with Crippen molar-refractivity contribution in [2.75, 3.05) is 13.7 Å². The van der Waals surface area contributed by atoms with Crippen LogP contribution >= 0.6 is 0 Å². The van der Waals surface area contributed by atoms with E-state index < -0.39 is 36.7 Å². The lowest BCUT2D eigenvalue weighted by molar-refractivity contribution is -0.295. The molecule has 1 aliphatic heterocycles. The summed E-state index contributed by atoms with van der Waals surface area (Å²) < 4.78 is 14.9. The minimum atomic E-state index is -1.40. The maximum absolute atomic E-state index is 11.2. The first kappa shape index (κ1) is 15.3. The fourth-order valence-electron chi connectivity index (χ4n) is 1.70. The Morgan fingerprint density at radius 3 is 2.44 bits per heavy atom. The number of rotatable bonds is 5. The van der Waals surface area contributed by atoms with Gasteiger partial charge in [-0.05, 0) is 6.42 Å². The van der Waals surface area contributed by atoms with Gasteiger partial charge in [0, 0.05) is 13.5 Å². The van der Waals surface area contributed by atoms with Gasteiger partial charge in [0.25, 0.3) is 0 Å². The zero-order valence-corrected chi connectivity index (χ0v) is 10.5. The summed E-state index contributed by atoms with van der Waals surface area (Å²) in [4.78, 5) is 11.2. The maximum atomic E-state index is 11.2. The Labute approximate surface area is 105 Å². The summed E-state index contributed by atoms with van der Waals surface area (Å²) in [5.41, 5.74) is 0. The van der Waals surface area contributed by atoms with Crippen molar-refractivity contribution in [1.29, 1.82) is 0 Å². The van der Waals surface area contributed by atoms with Crippen molar-refractivity contribution in [1.82, 2.24) is 0 Å². The second kappa shape index (κ2) is 7.01. The largest absolute Gasteiger partial charge is 0.463 e. The Morgan fingerprint density at radius 2 is 1.89 bits per heavy atom. The lowest BCUT2D eigenvalue weighted by atomic mass is 9.99. The van der Waals surface area contributed by atoms with E-state index in [0.717, 1.165) is 0 Å². The van der Waals surface area contributed by atoms with Crippen LogP contribution in [0.15, 0.2) is 0 Å². The highest BCUT2D eigenvalue weighted by molar-refractivity contribution is 5.69. The zero-order valence-electron chi connectivity index (χ0n) is 10.5. The van der Waals surface area contributed by atoms with Crippen LogP contribution in [0.5, 0.6) is 0 Å². The molecule has 0 spiro atoms. The van der Waals surface area contributed by atoms with Crippen LogP contribution in [0.2, 0.25) is 0 Å². The molecule has 0 amide bonds. The molecule has 0 saturated carbocycles. The molecule has 0 radical (unpaired) electrons. The third-order valence-electron chi connectivity index (χ3n) is 2.76. The quantitative estimate of drug-likeness (QED) is 0.535. The van der Waals surface area contributed by atoms with Crippen molar-refractivity contribution in [2.24, 2.45) is 0 Å². The average molecular weight is 264 g/mol. The van der Waals surface area contributed by atoms with E-state index in [1.54, 1.807) is 0 Å². The van der Waals surface area contributed by atoms with Crippen LogP contribution in [0.1, 0.15) is 19.8 Å². The summed E-state index contributed by atoms with van der Waals surface area (Å²) in [5, 5.41) is 28.8. The molecular formula is C11H20O7. The van der Waals surface area contributed by atoms with Gasteiger partial charge in [-0.25, -0.2) is 0 Å². The lowest BCUT2D eigenvalue weighted by Crippen LogP contribution is -2.59. The van der Waals surface area contributed by atoms with Crippen LogP contribution in [0.4, 0.5) is 0 Å². The predicted octanol–water partition coefficient (Wildman–Crippen LogP) is -1.22. The highest BCUT2D eigenvalue weighted by Crippen LogP contribution is 2.21. The second-order valence-electron chi connectivity index (χ2n) is 4.18. The van der Waals surface area contributed by atoms with Gasteiger partial charge in [-0.1, -0.05) is 6.92 Å². The topological polar surface area (TPSA) is 105 Å². The van der Waals surface area contributed by atoms with Crippen LogP contribution in [0.25, 0.3) is 0 Å². The predicted molar refractivity (Wildman–Crippen MR) is 59.6 cm³/mol. The molecule has 0 unspecified atom stereocenters. The van der Waals surface area contributed by atoms with Crippen LogP contribution < -0.4 is 0 Å². The molecule has 3 N–H and O–H groups in total. The van der Waals surface area contributed by atoms with Crippen molar-refractivity contribution in [3.63, 3.8) is 0 Å². The van der Waals surface area contributed by atoms with Gasteiger partial charge in [0.2, 0.25) is 0 Å². The number of aliphatic hydroxyl groups is 3. The number of carbonyl (C=O) groups excluding carboxylic acids is 1. The summed E-state index contributed by atoms with van der Waals surface area (Å²) >= 11 is 0. The fraction of sp³-hybridized carbons (Fsp3) is 0.909. The maximum Gasteiger partial charge on any atom is 0.305 e. The highest BCUT2D eigenvalue weighted by Gasteiger charge is 2.44. The number of hydrogen-bond acceptors (Lipinski definition) is 7. The van der Waals surface area contributed by atoms with Gasteiger partial charge in [-0.15, -0.1) is 0 Å². The molecular weight excluding hydrogens is 244 g/mol. The van der Waals surface area contributed by atoms with Gasteiger partial charge >= 0.3 is 5.97 Å². The van der Waals surface area contributed by atoms with E-state index in [2.05, 4.69) is 0 Å². The summed E-state index contributed by atoms with van der Waals surface area (Å²) in [5.74, 6) is -0.400. The first-order valence-corrected chi connectivity index (χ1v) is 5.89. The molecule has 0 aromatic heterocycles. The molecule has 1 rings (SSSR count). The normalized spacial score (nSPS) is 36.4. The first-order chi connectivity index (χ1) is 8.51. The van der Waals surface area contributed by atoms with E-state index in [4.69, 9.17) is 14.2 Å². The molecule has 7 heteroatoms. The lowest BCUT2D eigenvalue weighted by Gasteiger charge is -2.39. The minimum absolute atomic E-state index is 0.191. The first-order valence-electron chi connectivity index (χ1n) is 5.89. The van der Waals surface area contributed by atoms with E-state index in [0.29, 0.717) is 6.42 Å². The van der Waals surface area contributed by atoms with Crippen LogP contribution in [0, 0.1) is 0 Å². The van der Waals surface area contributed by atoms with E-state index in [-0.39, 0.29) is 13.0 Å². The highest BCUT2D eigenvalue weighted by atomic mass is 16.7. The standard InChI is InChI=1S/C11H20O7/c1-3-4-7(12)17-5-6-8(13)9(14)10(15)11(16-2)18-6/h6,8-11,13-15H,3-5H2,1-2H3/t6-,8-,9+,10-,11-/m1/s1. The van der Waals surface area contributed by atoms with Crippen molar-refractivity contribution in [3.05, 3.63) is 0 Å². The van der Waals surface area contributed by atoms with Crippen molar-refractivity contribution in [3.8, 4) is 0 Å². The molecule has 1 aliphatic rings. The van der Waals surface area contributed by atoms with Gasteiger partial charge in [-0.3, -0.25) is 4.79 Å². The molecule has 106 valence electrons.